The minimum absolute atomic E-state index is 0.590. The second kappa shape index (κ2) is 8.72. The molecule has 0 aliphatic heterocycles. The fourth-order valence-corrected chi connectivity index (χ4v) is 1.98. The predicted molar refractivity (Wildman–Crippen MR) is 80.2 cm³/mol. The number of ether oxygens (including phenoxy) is 2. The Bertz CT molecular complexity index is 458. The van der Waals surface area contributed by atoms with E-state index < -0.39 is 0 Å². The number of aryl methyl sites for hydroxylation is 1. The van der Waals surface area contributed by atoms with Crippen molar-refractivity contribution in [2.24, 2.45) is 0 Å². The molecule has 0 fully saturated rings. The van der Waals surface area contributed by atoms with Crippen molar-refractivity contribution in [3.63, 3.8) is 0 Å². The van der Waals surface area contributed by atoms with E-state index in [9.17, 15) is 0 Å². The Balaban J connectivity index is 2.91. The van der Waals surface area contributed by atoms with Crippen molar-refractivity contribution >= 4 is 11.6 Å². The van der Waals surface area contributed by atoms with Crippen LogP contribution in [0, 0.1) is 11.8 Å². The van der Waals surface area contributed by atoms with Crippen molar-refractivity contribution in [2.75, 3.05) is 13.2 Å². The van der Waals surface area contributed by atoms with Crippen molar-refractivity contribution in [2.45, 2.75) is 40.0 Å². The molecule has 0 aliphatic rings. The van der Waals surface area contributed by atoms with Crippen LogP contribution in [0.25, 0.3) is 0 Å². The normalized spacial score (nSPS) is 9.68. The zero-order valence-electron chi connectivity index (χ0n) is 11.9. The van der Waals surface area contributed by atoms with E-state index in [1.165, 1.54) is 0 Å². The van der Waals surface area contributed by atoms with Gasteiger partial charge in [-0.25, -0.2) is 0 Å². The van der Waals surface area contributed by atoms with Gasteiger partial charge >= 0.3 is 0 Å². The topological polar surface area (TPSA) is 18.5 Å². The maximum atomic E-state index is 6.20. The number of hydrogen-bond acceptors (Lipinski definition) is 2. The lowest BCUT2D eigenvalue weighted by molar-refractivity contribution is 0.321. The lowest BCUT2D eigenvalue weighted by atomic mass is 10.1. The zero-order valence-corrected chi connectivity index (χ0v) is 12.6. The van der Waals surface area contributed by atoms with E-state index in [1.807, 2.05) is 32.9 Å². The fourth-order valence-electron chi connectivity index (χ4n) is 1.74. The highest BCUT2D eigenvalue weighted by atomic mass is 35.5. The minimum atomic E-state index is 0.590. The second-order valence-corrected chi connectivity index (χ2v) is 4.37. The lowest BCUT2D eigenvalue weighted by Gasteiger charge is -2.13. The maximum absolute atomic E-state index is 6.20. The molecule has 19 heavy (non-hydrogen) atoms. The van der Waals surface area contributed by atoms with Crippen LogP contribution in [0.5, 0.6) is 11.5 Å². The monoisotopic (exact) mass is 280 g/mol. The third-order valence-electron chi connectivity index (χ3n) is 2.54. The molecule has 0 aromatic heterocycles. The van der Waals surface area contributed by atoms with Gasteiger partial charge in [0.05, 0.1) is 18.2 Å². The molecule has 1 rings (SSSR count). The first-order chi connectivity index (χ1) is 9.22. The van der Waals surface area contributed by atoms with E-state index in [0.717, 1.165) is 30.6 Å². The summed E-state index contributed by atoms with van der Waals surface area (Å²) < 4.78 is 11.1. The third kappa shape index (κ3) is 5.04. The Morgan fingerprint density at radius 2 is 1.68 bits per heavy atom. The first-order valence-corrected chi connectivity index (χ1v) is 7.14. The molecule has 3 heteroatoms. The average molecular weight is 281 g/mol. The number of hydrogen-bond donors (Lipinski definition) is 0. The average Bonchev–Trinajstić information content (AvgIpc) is 2.40. The van der Waals surface area contributed by atoms with Crippen LogP contribution in [-0.4, -0.2) is 13.2 Å². The highest BCUT2D eigenvalue weighted by Gasteiger charge is 2.10. The molecule has 0 saturated carbocycles. The predicted octanol–water partition coefficient (Wildman–Crippen LogP) is 4.48. The van der Waals surface area contributed by atoms with Gasteiger partial charge in [0.1, 0.15) is 11.5 Å². The number of rotatable bonds is 6. The van der Waals surface area contributed by atoms with Crippen LogP contribution in [-0.2, 0) is 6.42 Å². The Morgan fingerprint density at radius 1 is 1.00 bits per heavy atom. The molecule has 0 atom stereocenters. The number of benzene rings is 1. The molecule has 0 heterocycles. The van der Waals surface area contributed by atoms with Crippen LogP contribution in [0.15, 0.2) is 12.1 Å². The molecule has 0 amide bonds. The molecular formula is C16H21ClO2. The van der Waals surface area contributed by atoms with Gasteiger partial charge in [-0.2, -0.15) is 0 Å². The molecule has 0 aliphatic carbocycles. The van der Waals surface area contributed by atoms with Gasteiger partial charge in [-0.3, -0.25) is 0 Å². The van der Waals surface area contributed by atoms with Gasteiger partial charge in [0.25, 0.3) is 0 Å². The highest BCUT2D eigenvalue weighted by Crippen LogP contribution is 2.33. The smallest absolute Gasteiger partial charge is 0.141 e. The van der Waals surface area contributed by atoms with Crippen molar-refractivity contribution in [3.05, 3.63) is 22.7 Å². The Morgan fingerprint density at radius 3 is 2.32 bits per heavy atom. The van der Waals surface area contributed by atoms with Gasteiger partial charge in [-0.05, 0) is 31.9 Å². The molecule has 104 valence electrons. The first-order valence-electron chi connectivity index (χ1n) is 6.76. The van der Waals surface area contributed by atoms with Crippen LogP contribution in [0.1, 0.15) is 39.2 Å². The van der Waals surface area contributed by atoms with Gasteiger partial charge < -0.3 is 9.47 Å². The standard InChI is InChI=1S/C16H21ClO2/c1-4-7-8-9-10-13-11-14(17)16(19-6-3)12-15(13)18-5-2/h11-12H,4-6,9-10H2,1-3H3. The SMILES string of the molecule is CCC#CCCc1cc(Cl)c(OCC)cc1OCC. The molecule has 0 bridgehead atoms. The van der Waals surface area contributed by atoms with Crippen LogP contribution in [0.2, 0.25) is 5.02 Å². The van der Waals surface area contributed by atoms with E-state index in [2.05, 4.69) is 11.8 Å². The third-order valence-corrected chi connectivity index (χ3v) is 2.83. The van der Waals surface area contributed by atoms with Crippen molar-refractivity contribution in [3.8, 4) is 23.3 Å². The summed E-state index contributed by atoms with van der Waals surface area (Å²) in [5.41, 5.74) is 1.08. The van der Waals surface area contributed by atoms with Crippen LogP contribution in [0.4, 0.5) is 0 Å². The molecule has 2 nitrogen and oxygen atoms in total. The van der Waals surface area contributed by atoms with Crippen LogP contribution < -0.4 is 9.47 Å². The van der Waals surface area contributed by atoms with Gasteiger partial charge in [0.15, 0.2) is 0 Å². The summed E-state index contributed by atoms with van der Waals surface area (Å²) >= 11 is 6.20. The minimum Gasteiger partial charge on any atom is -0.493 e. The fraction of sp³-hybridized carbons (Fsp3) is 0.500. The Labute approximate surface area is 121 Å². The molecule has 1 aromatic rings. The summed E-state index contributed by atoms with van der Waals surface area (Å²) in [5, 5.41) is 0.628. The van der Waals surface area contributed by atoms with Crippen molar-refractivity contribution < 1.29 is 9.47 Å². The summed E-state index contributed by atoms with van der Waals surface area (Å²) in [4.78, 5) is 0. The molecule has 0 radical (unpaired) electrons. The van der Waals surface area contributed by atoms with Crippen molar-refractivity contribution in [1.82, 2.24) is 0 Å². The van der Waals surface area contributed by atoms with Gasteiger partial charge in [-0.1, -0.05) is 18.5 Å². The lowest BCUT2D eigenvalue weighted by Crippen LogP contribution is -2.00. The zero-order chi connectivity index (χ0) is 14.1. The Kier molecular flexibility index (Phi) is 7.22. The van der Waals surface area contributed by atoms with E-state index in [0.29, 0.717) is 24.0 Å². The summed E-state index contributed by atoms with van der Waals surface area (Å²) in [6.07, 6.45) is 2.55. The van der Waals surface area contributed by atoms with E-state index in [1.54, 1.807) is 0 Å². The molecular weight excluding hydrogens is 260 g/mol. The van der Waals surface area contributed by atoms with Crippen LogP contribution >= 0.6 is 11.6 Å². The number of halogens is 1. The molecule has 1 aromatic carbocycles. The Hall–Kier alpha value is -1.33. The molecule has 0 saturated heterocycles. The molecule has 0 N–H and O–H groups in total. The maximum Gasteiger partial charge on any atom is 0.141 e. The van der Waals surface area contributed by atoms with E-state index in [4.69, 9.17) is 21.1 Å². The summed E-state index contributed by atoms with van der Waals surface area (Å²) in [6, 6.07) is 3.79. The van der Waals surface area contributed by atoms with Gasteiger partial charge in [0.2, 0.25) is 0 Å². The largest absolute Gasteiger partial charge is 0.493 e. The summed E-state index contributed by atoms with van der Waals surface area (Å²) in [5.74, 6) is 7.72. The first kappa shape index (κ1) is 15.7. The van der Waals surface area contributed by atoms with Gasteiger partial charge in [-0.15, -0.1) is 11.8 Å². The van der Waals surface area contributed by atoms with Crippen molar-refractivity contribution in [1.29, 1.82) is 0 Å². The van der Waals surface area contributed by atoms with Gasteiger partial charge in [0, 0.05) is 18.9 Å². The quantitative estimate of drug-likeness (QED) is 0.715. The van der Waals surface area contributed by atoms with E-state index >= 15 is 0 Å². The molecule has 0 spiro atoms. The van der Waals surface area contributed by atoms with Crippen LogP contribution in [0.3, 0.4) is 0 Å². The summed E-state index contributed by atoms with van der Waals surface area (Å²) in [6.45, 7) is 7.17. The molecule has 0 unspecified atom stereocenters. The summed E-state index contributed by atoms with van der Waals surface area (Å²) in [7, 11) is 0. The second-order valence-electron chi connectivity index (χ2n) is 3.96. The van der Waals surface area contributed by atoms with E-state index in [-0.39, 0.29) is 0 Å². The highest BCUT2D eigenvalue weighted by molar-refractivity contribution is 6.32.